The van der Waals surface area contributed by atoms with E-state index in [1.54, 1.807) is 0 Å². The maximum absolute atomic E-state index is 13.3. The van der Waals surface area contributed by atoms with Gasteiger partial charge in [0.25, 0.3) is 0 Å². The third-order valence-corrected chi connectivity index (χ3v) is 5.86. The van der Waals surface area contributed by atoms with Crippen molar-refractivity contribution in [1.82, 2.24) is 14.9 Å². The number of imidazole rings is 1. The topological polar surface area (TPSA) is 49.0 Å². The number of aromatic amines is 1. The second kappa shape index (κ2) is 7.01. The van der Waals surface area contributed by atoms with Crippen LogP contribution in [0.1, 0.15) is 44.0 Å². The van der Waals surface area contributed by atoms with Crippen LogP contribution in [0, 0.1) is 0 Å². The van der Waals surface area contributed by atoms with Crippen LogP contribution in [0.25, 0.3) is 11.0 Å². The number of carbonyl (C=O) groups is 1. The highest BCUT2D eigenvalue weighted by Crippen LogP contribution is 2.32. The van der Waals surface area contributed by atoms with Gasteiger partial charge in [-0.3, -0.25) is 4.79 Å². The van der Waals surface area contributed by atoms with Gasteiger partial charge in [-0.1, -0.05) is 35.9 Å². The summed E-state index contributed by atoms with van der Waals surface area (Å²) < 4.78 is 0. The number of benzene rings is 2. The van der Waals surface area contributed by atoms with Gasteiger partial charge in [0.15, 0.2) is 0 Å². The van der Waals surface area contributed by atoms with Crippen LogP contribution in [0.2, 0.25) is 5.02 Å². The minimum absolute atomic E-state index is 0.158. The van der Waals surface area contributed by atoms with E-state index in [0.717, 1.165) is 41.8 Å². The van der Waals surface area contributed by atoms with E-state index < -0.39 is 5.41 Å². The summed E-state index contributed by atoms with van der Waals surface area (Å²) >= 11 is 6.00. The number of nitrogens with one attached hydrogen (secondary N) is 1. The number of piperidine rings is 1. The van der Waals surface area contributed by atoms with Crippen molar-refractivity contribution in [3.05, 3.63) is 64.9 Å². The minimum Gasteiger partial charge on any atom is -0.342 e. The molecule has 0 bridgehead atoms. The normalized spacial score (nSPS) is 18.0. The largest absolute Gasteiger partial charge is 0.342 e. The quantitative estimate of drug-likeness (QED) is 0.701. The van der Waals surface area contributed by atoms with Gasteiger partial charge >= 0.3 is 0 Å². The van der Waals surface area contributed by atoms with E-state index in [1.165, 1.54) is 0 Å². The average molecular weight is 382 g/mol. The second-order valence-electron chi connectivity index (χ2n) is 7.86. The minimum atomic E-state index is -0.583. The molecule has 2 aromatic carbocycles. The molecule has 1 fully saturated rings. The van der Waals surface area contributed by atoms with Crippen molar-refractivity contribution in [1.29, 1.82) is 0 Å². The number of aromatic nitrogens is 2. The van der Waals surface area contributed by atoms with Crippen molar-refractivity contribution < 1.29 is 4.79 Å². The lowest BCUT2D eigenvalue weighted by molar-refractivity contribution is -0.137. The number of amides is 1. The molecule has 1 saturated heterocycles. The molecule has 0 spiro atoms. The maximum Gasteiger partial charge on any atom is 0.232 e. The number of carbonyl (C=O) groups excluding carboxylic acids is 1. The number of para-hydroxylation sites is 2. The van der Waals surface area contributed by atoms with Crippen molar-refractivity contribution in [3.63, 3.8) is 0 Å². The lowest BCUT2D eigenvalue weighted by Crippen LogP contribution is -2.47. The van der Waals surface area contributed by atoms with E-state index >= 15 is 0 Å². The van der Waals surface area contributed by atoms with Crippen LogP contribution < -0.4 is 0 Å². The van der Waals surface area contributed by atoms with Crippen molar-refractivity contribution in [2.45, 2.75) is 38.0 Å². The molecule has 1 amide bonds. The van der Waals surface area contributed by atoms with Crippen LogP contribution in [-0.4, -0.2) is 33.9 Å². The van der Waals surface area contributed by atoms with Gasteiger partial charge in [-0.15, -0.1) is 0 Å². The van der Waals surface area contributed by atoms with Gasteiger partial charge in [-0.05, 0) is 56.5 Å². The second-order valence-corrected chi connectivity index (χ2v) is 8.30. The molecule has 1 N–H and O–H groups in total. The fourth-order valence-corrected chi connectivity index (χ4v) is 4.06. The summed E-state index contributed by atoms with van der Waals surface area (Å²) in [5, 5.41) is 0.685. The van der Waals surface area contributed by atoms with Gasteiger partial charge in [0.2, 0.25) is 5.91 Å². The van der Waals surface area contributed by atoms with E-state index in [0.29, 0.717) is 11.6 Å². The molecule has 140 valence electrons. The molecule has 5 heteroatoms. The third-order valence-electron chi connectivity index (χ3n) is 5.60. The van der Waals surface area contributed by atoms with Crippen LogP contribution >= 0.6 is 11.6 Å². The van der Waals surface area contributed by atoms with Crippen LogP contribution in [-0.2, 0) is 10.2 Å². The number of fused-ring (bicyclic) bond motifs is 1. The maximum atomic E-state index is 13.3. The number of halogens is 1. The van der Waals surface area contributed by atoms with E-state index in [1.807, 2.05) is 67.3 Å². The van der Waals surface area contributed by atoms with Gasteiger partial charge in [0.05, 0.1) is 16.4 Å². The molecule has 27 heavy (non-hydrogen) atoms. The lowest BCUT2D eigenvalue weighted by Gasteiger charge is -2.37. The highest BCUT2D eigenvalue weighted by Gasteiger charge is 2.36. The number of likely N-dealkylation sites (tertiary alicyclic amines) is 1. The zero-order valence-electron chi connectivity index (χ0n) is 15.7. The first-order valence-corrected chi connectivity index (χ1v) is 9.83. The summed E-state index contributed by atoms with van der Waals surface area (Å²) in [6.45, 7) is 5.48. The van der Waals surface area contributed by atoms with Gasteiger partial charge < -0.3 is 9.88 Å². The van der Waals surface area contributed by atoms with Crippen LogP contribution in [0.15, 0.2) is 48.5 Å². The van der Waals surface area contributed by atoms with E-state index in [-0.39, 0.29) is 11.8 Å². The monoisotopic (exact) mass is 381 g/mol. The number of hydrogen-bond acceptors (Lipinski definition) is 2. The molecule has 0 saturated carbocycles. The van der Waals surface area contributed by atoms with Gasteiger partial charge in [0, 0.05) is 24.0 Å². The molecule has 0 radical (unpaired) electrons. The Bertz CT molecular complexity index is 928. The summed E-state index contributed by atoms with van der Waals surface area (Å²) in [6, 6.07) is 15.7. The Hall–Kier alpha value is -2.33. The van der Waals surface area contributed by atoms with Crippen molar-refractivity contribution in [2.24, 2.45) is 0 Å². The highest BCUT2D eigenvalue weighted by molar-refractivity contribution is 6.30. The summed E-state index contributed by atoms with van der Waals surface area (Å²) in [7, 11) is 0. The number of rotatable bonds is 3. The smallest absolute Gasteiger partial charge is 0.232 e. The zero-order chi connectivity index (χ0) is 19.0. The highest BCUT2D eigenvalue weighted by atomic mass is 35.5. The third kappa shape index (κ3) is 3.46. The van der Waals surface area contributed by atoms with Crippen molar-refractivity contribution in [3.8, 4) is 0 Å². The number of nitrogens with zero attached hydrogens (tertiary/aromatic N) is 2. The van der Waals surface area contributed by atoms with Gasteiger partial charge in [0.1, 0.15) is 5.82 Å². The Morgan fingerprint density at radius 3 is 2.67 bits per heavy atom. The predicted molar refractivity (Wildman–Crippen MR) is 109 cm³/mol. The lowest BCUT2D eigenvalue weighted by atomic mass is 9.82. The molecule has 1 aromatic heterocycles. The van der Waals surface area contributed by atoms with E-state index in [2.05, 4.69) is 4.98 Å². The molecule has 1 atom stereocenters. The van der Waals surface area contributed by atoms with Crippen molar-refractivity contribution in [2.75, 3.05) is 13.1 Å². The fourth-order valence-electron chi connectivity index (χ4n) is 3.94. The van der Waals surface area contributed by atoms with E-state index in [4.69, 9.17) is 16.6 Å². The molecule has 0 aliphatic carbocycles. The average Bonchev–Trinajstić information content (AvgIpc) is 3.12. The number of H-pyrrole nitrogens is 1. The summed E-state index contributed by atoms with van der Waals surface area (Å²) in [4.78, 5) is 23.5. The van der Waals surface area contributed by atoms with Crippen molar-refractivity contribution >= 4 is 28.5 Å². The van der Waals surface area contributed by atoms with Crippen LogP contribution in [0.4, 0.5) is 0 Å². The first kappa shape index (κ1) is 18.1. The first-order valence-electron chi connectivity index (χ1n) is 9.45. The summed E-state index contributed by atoms with van der Waals surface area (Å²) in [5.74, 6) is 1.39. The molecule has 1 unspecified atom stereocenters. The Morgan fingerprint density at radius 1 is 1.19 bits per heavy atom. The first-order chi connectivity index (χ1) is 12.9. The Kier molecular flexibility index (Phi) is 4.68. The fraction of sp³-hybridized carbons (Fsp3) is 0.364. The SMILES string of the molecule is CC(C)(C(=O)N1CCCC(c2nc3ccccc3[nH]2)C1)c1ccc(Cl)cc1. The molecule has 3 aromatic rings. The summed E-state index contributed by atoms with van der Waals surface area (Å²) in [6.07, 6.45) is 2.04. The molecular formula is C22H24ClN3O. The molecule has 1 aliphatic heterocycles. The van der Waals surface area contributed by atoms with Crippen LogP contribution in [0.3, 0.4) is 0 Å². The standard InChI is InChI=1S/C22H24ClN3O/c1-22(2,16-9-11-17(23)12-10-16)21(27)26-13-5-6-15(14-26)20-24-18-7-3-4-8-19(18)25-20/h3-4,7-12,15H,5-6,13-14H2,1-2H3,(H,24,25). The van der Waals surface area contributed by atoms with Gasteiger partial charge in [-0.2, -0.15) is 0 Å². The van der Waals surface area contributed by atoms with Crippen LogP contribution in [0.5, 0.6) is 0 Å². The summed E-state index contributed by atoms with van der Waals surface area (Å²) in [5.41, 5.74) is 2.44. The molecule has 4 rings (SSSR count). The predicted octanol–water partition coefficient (Wildman–Crippen LogP) is 4.90. The molecule has 2 heterocycles. The molecule has 4 nitrogen and oxygen atoms in total. The van der Waals surface area contributed by atoms with Gasteiger partial charge in [-0.25, -0.2) is 4.98 Å². The Labute approximate surface area is 164 Å². The molecular weight excluding hydrogens is 358 g/mol. The molecule has 1 aliphatic rings. The van der Waals surface area contributed by atoms with E-state index in [9.17, 15) is 4.79 Å². The Morgan fingerprint density at radius 2 is 1.93 bits per heavy atom. The number of hydrogen-bond donors (Lipinski definition) is 1. The zero-order valence-corrected chi connectivity index (χ0v) is 16.5. The Balaban J connectivity index is 1.55.